The van der Waals surface area contributed by atoms with E-state index in [0.717, 1.165) is 18.9 Å². The summed E-state index contributed by atoms with van der Waals surface area (Å²) in [7, 11) is 0. The highest BCUT2D eigenvalue weighted by Crippen LogP contribution is 2.33. The monoisotopic (exact) mass is 498 g/mol. The largest absolute Gasteiger partial charge is 0.573 e. The number of carbonyl (C=O) groups excluding carboxylic acids is 2. The summed E-state index contributed by atoms with van der Waals surface area (Å²) >= 11 is 6.22. The number of aromatic nitrogens is 1. The van der Waals surface area contributed by atoms with E-state index in [9.17, 15) is 22.8 Å². The summed E-state index contributed by atoms with van der Waals surface area (Å²) in [6, 6.07) is 6.77. The van der Waals surface area contributed by atoms with Crippen molar-refractivity contribution in [3.63, 3.8) is 0 Å². The Labute approximate surface area is 200 Å². The molecule has 0 bridgehead atoms. The number of nitrogens with one attached hydrogen (secondary N) is 2. The van der Waals surface area contributed by atoms with Crippen LogP contribution in [0.3, 0.4) is 0 Å². The number of amides is 2. The number of nitrogens with zero attached hydrogens (tertiary/aromatic N) is 2. The molecule has 1 aliphatic heterocycles. The van der Waals surface area contributed by atoms with Gasteiger partial charge in [-0.1, -0.05) is 25.4 Å². The minimum Gasteiger partial charge on any atom is -0.406 e. The first-order chi connectivity index (χ1) is 15.9. The highest BCUT2D eigenvalue weighted by Gasteiger charge is 2.31. The van der Waals surface area contributed by atoms with Crippen molar-refractivity contribution in [3.8, 4) is 5.75 Å². The number of hydrogen-bond acceptors (Lipinski definition) is 5. The lowest BCUT2D eigenvalue weighted by Gasteiger charge is -2.35. The number of piperidine rings is 1. The Hall–Kier alpha value is -3.01. The second-order valence-electron chi connectivity index (χ2n) is 8.45. The third-order valence-electron chi connectivity index (χ3n) is 5.24. The summed E-state index contributed by atoms with van der Waals surface area (Å²) in [6.07, 6.45) is -3.31. The number of benzene rings is 1. The maximum absolute atomic E-state index is 12.9. The van der Waals surface area contributed by atoms with Crippen molar-refractivity contribution in [1.82, 2.24) is 10.3 Å². The molecule has 0 unspecified atom stereocenters. The van der Waals surface area contributed by atoms with Gasteiger partial charge >= 0.3 is 6.36 Å². The molecular formula is C23H26ClF3N4O3. The SMILES string of the molecule is Cc1cc(C(=O)N[C@@H]2CCCN(c3ccc(OC(F)(F)F)cc3Cl)C2)cc(NC(=O)C(C)C)n1. The van der Waals surface area contributed by atoms with Gasteiger partial charge in [0.2, 0.25) is 5.91 Å². The molecule has 1 aromatic heterocycles. The van der Waals surface area contributed by atoms with Crippen LogP contribution in [-0.2, 0) is 4.79 Å². The van der Waals surface area contributed by atoms with Crippen LogP contribution >= 0.6 is 11.6 Å². The maximum atomic E-state index is 12.9. The maximum Gasteiger partial charge on any atom is 0.573 e. The Bertz CT molecular complexity index is 1060. The molecular weight excluding hydrogens is 473 g/mol. The topological polar surface area (TPSA) is 83.6 Å². The number of aryl methyl sites for hydroxylation is 1. The van der Waals surface area contributed by atoms with Gasteiger partial charge in [-0.15, -0.1) is 13.2 Å². The number of hydrogen-bond donors (Lipinski definition) is 2. The fraction of sp³-hybridized carbons (Fsp3) is 0.435. The molecule has 3 rings (SSSR count). The summed E-state index contributed by atoms with van der Waals surface area (Å²) in [5.41, 5.74) is 1.52. The second kappa shape index (κ2) is 10.5. The Kier molecular flexibility index (Phi) is 7.91. The van der Waals surface area contributed by atoms with Crippen molar-refractivity contribution in [2.24, 2.45) is 5.92 Å². The molecule has 2 amide bonds. The summed E-state index contributed by atoms with van der Waals surface area (Å²) in [5, 5.41) is 5.82. The van der Waals surface area contributed by atoms with Gasteiger partial charge in [-0.25, -0.2) is 4.98 Å². The smallest absolute Gasteiger partial charge is 0.406 e. The molecule has 1 aliphatic rings. The van der Waals surface area contributed by atoms with Crippen molar-refractivity contribution >= 4 is 34.9 Å². The van der Waals surface area contributed by atoms with Gasteiger partial charge in [0.1, 0.15) is 11.6 Å². The van der Waals surface area contributed by atoms with E-state index in [-0.39, 0.29) is 28.8 Å². The molecule has 0 aliphatic carbocycles. The normalized spacial score (nSPS) is 16.4. The minimum absolute atomic E-state index is 0.129. The second-order valence-corrected chi connectivity index (χ2v) is 8.85. The van der Waals surface area contributed by atoms with Crippen LogP contribution in [0.15, 0.2) is 30.3 Å². The average molecular weight is 499 g/mol. The first kappa shape index (κ1) is 25.6. The lowest BCUT2D eigenvalue weighted by Crippen LogP contribution is -2.48. The number of rotatable bonds is 6. The van der Waals surface area contributed by atoms with E-state index in [1.165, 1.54) is 18.2 Å². The van der Waals surface area contributed by atoms with Gasteiger partial charge < -0.3 is 20.3 Å². The summed E-state index contributed by atoms with van der Waals surface area (Å²) < 4.78 is 41.3. The Morgan fingerprint density at radius 1 is 1.24 bits per heavy atom. The molecule has 2 aromatic rings. The third-order valence-corrected chi connectivity index (χ3v) is 5.54. The lowest BCUT2D eigenvalue weighted by atomic mass is 10.0. The molecule has 2 N–H and O–H groups in total. The van der Waals surface area contributed by atoms with Gasteiger partial charge in [0.05, 0.1) is 10.7 Å². The van der Waals surface area contributed by atoms with Crippen molar-refractivity contribution in [3.05, 3.63) is 46.6 Å². The number of ether oxygens (including phenoxy) is 1. The summed E-state index contributed by atoms with van der Waals surface area (Å²) in [5.74, 6) is -0.819. The molecule has 2 heterocycles. The predicted octanol–water partition coefficient (Wildman–Crippen LogP) is 4.94. The van der Waals surface area contributed by atoms with Crippen molar-refractivity contribution < 1.29 is 27.5 Å². The predicted molar refractivity (Wildman–Crippen MR) is 123 cm³/mol. The van der Waals surface area contributed by atoms with E-state index in [0.29, 0.717) is 35.9 Å². The van der Waals surface area contributed by atoms with Crippen molar-refractivity contribution in [1.29, 1.82) is 0 Å². The van der Waals surface area contributed by atoms with Crippen molar-refractivity contribution in [2.75, 3.05) is 23.3 Å². The van der Waals surface area contributed by atoms with Crippen LogP contribution in [0.5, 0.6) is 5.75 Å². The van der Waals surface area contributed by atoms with Gasteiger partial charge in [0, 0.05) is 42.4 Å². The number of anilines is 2. The zero-order chi connectivity index (χ0) is 25.0. The summed E-state index contributed by atoms with van der Waals surface area (Å²) in [6.45, 7) is 6.34. The number of alkyl halides is 3. The van der Waals surface area contributed by atoms with E-state index in [1.54, 1.807) is 26.8 Å². The Balaban J connectivity index is 1.68. The Morgan fingerprint density at radius 3 is 2.62 bits per heavy atom. The standard InChI is InChI=1S/C23H26ClF3N4O3/c1-13(2)21(32)30-20-10-15(9-14(3)28-20)22(33)29-16-5-4-8-31(12-16)19-7-6-17(11-18(19)24)34-23(25,26)27/h6-7,9-11,13,16H,4-5,8,12H2,1-3H3,(H,29,33)(H,28,30,32)/t16-/m1/s1. The van der Waals surface area contributed by atoms with Crippen LogP contribution < -0.4 is 20.3 Å². The molecule has 1 saturated heterocycles. The van der Waals surface area contributed by atoms with Gasteiger partial charge in [-0.2, -0.15) is 0 Å². The van der Waals surface area contributed by atoms with Crippen LogP contribution in [0.25, 0.3) is 0 Å². The molecule has 7 nitrogen and oxygen atoms in total. The fourth-order valence-electron chi connectivity index (χ4n) is 3.66. The number of carbonyl (C=O) groups is 2. The van der Waals surface area contributed by atoms with E-state index >= 15 is 0 Å². The van der Waals surface area contributed by atoms with E-state index < -0.39 is 12.1 Å². The fourth-order valence-corrected chi connectivity index (χ4v) is 3.95. The van der Waals surface area contributed by atoms with Crippen LogP contribution in [0, 0.1) is 12.8 Å². The minimum atomic E-state index is -4.80. The number of pyridine rings is 1. The van der Waals surface area contributed by atoms with E-state index in [1.807, 2.05) is 4.90 Å². The molecule has 0 saturated carbocycles. The van der Waals surface area contributed by atoms with E-state index in [2.05, 4.69) is 20.4 Å². The highest BCUT2D eigenvalue weighted by atomic mass is 35.5. The lowest BCUT2D eigenvalue weighted by molar-refractivity contribution is -0.274. The zero-order valence-corrected chi connectivity index (χ0v) is 19.8. The third kappa shape index (κ3) is 6.99. The first-order valence-corrected chi connectivity index (χ1v) is 11.2. The van der Waals surface area contributed by atoms with Crippen LogP contribution in [-0.4, -0.2) is 42.3 Å². The van der Waals surface area contributed by atoms with Crippen molar-refractivity contribution in [2.45, 2.75) is 46.0 Å². The van der Waals surface area contributed by atoms with E-state index in [4.69, 9.17) is 11.6 Å². The average Bonchev–Trinajstić information content (AvgIpc) is 2.72. The molecule has 0 radical (unpaired) electrons. The molecule has 34 heavy (non-hydrogen) atoms. The molecule has 11 heteroatoms. The highest BCUT2D eigenvalue weighted by molar-refractivity contribution is 6.33. The molecule has 1 fully saturated rings. The van der Waals surface area contributed by atoms with Crippen LogP contribution in [0.1, 0.15) is 42.7 Å². The molecule has 1 aromatic carbocycles. The molecule has 0 spiro atoms. The Morgan fingerprint density at radius 2 is 1.97 bits per heavy atom. The zero-order valence-electron chi connectivity index (χ0n) is 19.0. The van der Waals surface area contributed by atoms with Gasteiger partial charge in [0.25, 0.3) is 5.91 Å². The number of halogens is 4. The van der Waals surface area contributed by atoms with Gasteiger partial charge in [-0.3, -0.25) is 9.59 Å². The quantitative estimate of drug-likeness (QED) is 0.589. The first-order valence-electron chi connectivity index (χ1n) is 10.8. The molecule has 1 atom stereocenters. The summed E-state index contributed by atoms with van der Waals surface area (Å²) in [4.78, 5) is 31.1. The van der Waals surface area contributed by atoms with Gasteiger partial charge in [-0.05, 0) is 44.0 Å². The van der Waals surface area contributed by atoms with Crippen LogP contribution in [0.2, 0.25) is 5.02 Å². The van der Waals surface area contributed by atoms with Crippen LogP contribution in [0.4, 0.5) is 24.7 Å². The van der Waals surface area contributed by atoms with Gasteiger partial charge in [0.15, 0.2) is 0 Å². The molecule has 184 valence electrons.